The highest BCUT2D eigenvalue weighted by Gasteiger charge is 2.32. The van der Waals surface area contributed by atoms with Crippen molar-refractivity contribution in [3.63, 3.8) is 0 Å². The highest BCUT2D eigenvalue weighted by atomic mass is 79.9. The summed E-state index contributed by atoms with van der Waals surface area (Å²) in [5, 5.41) is 0. The number of hydrogen-bond acceptors (Lipinski definition) is 1. The molecule has 15 heavy (non-hydrogen) atoms. The van der Waals surface area contributed by atoms with Gasteiger partial charge in [-0.2, -0.15) is 13.2 Å². The van der Waals surface area contributed by atoms with Crippen molar-refractivity contribution in [3.8, 4) is 5.75 Å². The molecule has 0 N–H and O–H groups in total. The molecule has 0 aliphatic rings. The molecule has 0 heterocycles. The quantitative estimate of drug-likeness (QED) is 0.744. The molecule has 1 aromatic rings. The fourth-order valence-electron chi connectivity index (χ4n) is 1.09. The van der Waals surface area contributed by atoms with Gasteiger partial charge in [-0.05, 0) is 12.1 Å². The summed E-state index contributed by atoms with van der Waals surface area (Å²) in [6.07, 6.45) is -4.39. The van der Waals surface area contributed by atoms with Gasteiger partial charge in [0.05, 0.1) is 18.6 Å². The second kappa shape index (κ2) is 4.61. The summed E-state index contributed by atoms with van der Waals surface area (Å²) in [5.41, 5.74) is -0.257. The fraction of sp³-hybridized carbons (Fsp3) is 0.333. The van der Waals surface area contributed by atoms with Crippen LogP contribution in [0.25, 0.3) is 0 Å². The Kier molecular flexibility index (Phi) is 3.89. The van der Waals surface area contributed by atoms with Crippen molar-refractivity contribution in [2.45, 2.75) is 12.1 Å². The molecule has 0 amide bonds. The van der Waals surface area contributed by atoms with Crippen molar-refractivity contribution in [2.75, 3.05) is 7.11 Å². The zero-order chi connectivity index (χ0) is 11.6. The molecule has 0 bridgehead atoms. The third-order valence-corrected chi connectivity index (χ3v) is 2.81. The standard InChI is InChI=1S/C9H7BrClF3O/c1-15-8-3-5(9(12,13)14)2-7(10)6(8)4-11/h2-3H,4H2,1H3. The zero-order valence-corrected chi connectivity index (χ0v) is 10.0. The second-order valence-electron chi connectivity index (χ2n) is 2.77. The van der Waals surface area contributed by atoms with Crippen LogP contribution >= 0.6 is 27.5 Å². The number of halogens is 5. The zero-order valence-electron chi connectivity index (χ0n) is 7.66. The maximum absolute atomic E-state index is 12.4. The van der Waals surface area contributed by atoms with E-state index in [1.165, 1.54) is 7.11 Å². The summed E-state index contributed by atoms with van der Waals surface area (Å²) >= 11 is 8.62. The van der Waals surface area contributed by atoms with E-state index in [0.29, 0.717) is 10.0 Å². The van der Waals surface area contributed by atoms with Crippen molar-refractivity contribution in [1.29, 1.82) is 0 Å². The lowest BCUT2D eigenvalue weighted by Gasteiger charge is -2.13. The maximum Gasteiger partial charge on any atom is 0.416 e. The number of alkyl halides is 4. The molecule has 0 saturated heterocycles. The van der Waals surface area contributed by atoms with Gasteiger partial charge in [-0.1, -0.05) is 15.9 Å². The summed E-state index contributed by atoms with van der Waals surface area (Å²) in [6, 6.07) is 1.92. The maximum atomic E-state index is 12.4. The van der Waals surface area contributed by atoms with Crippen molar-refractivity contribution >= 4 is 27.5 Å². The Hall–Kier alpha value is -0.420. The minimum Gasteiger partial charge on any atom is -0.496 e. The summed E-state index contributed by atoms with van der Waals surface area (Å²) in [5.74, 6) is 0.216. The molecule has 6 heteroatoms. The molecule has 0 radical (unpaired) electrons. The van der Waals surface area contributed by atoms with Gasteiger partial charge < -0.3 is 4.74 Å². The van der Waals surface area contributed by atoms with Crippen LogP contribution in [0, 0.1) is 0 Å². The Morgan fingerprint density at radius 1 is 1.40 bits per heavy atom. The first-order valence-corrected chi connectivity index (χ1v) is 5.22. The van der Waals surface area contributed by atoms with Gasteiger partial charge in [0.2, 0.25) is 0 Å². The lowest BCUT2D eigenvalue weighted by Crippen LogP contribution is -2.06. The highest BCUT2D eigenvalue weighted by Crippen LogP contribution is 2.37. The average molecular weight is 304 g/mol. The first-order chi connectivity index (χ1) is 6.90. The summed E-state index contributed by atoms with van der Waals surface area (Å²) < 4.78 is 42.4. The van der Waals surface area contributed by atoms with Crippen molar-refractivity contribution in [1.82, 2.24) is 0 Å². The molecule has 84 valence electrons. The molecule has 0 unspecified atom stereocenters. The molecule has 1 aromatic carbocycles. The number of rotatable bonds is 2. The molecule has 1 nitrogen and oxygen atoms in total. The van der Waals surface area contributed by atoms with Crippen LogP contribution in [0.1, 0.15) is 11.1 Å². The summed E-state index contributed by atoms with van der Waals surface area (Å²) in [6.45, 7) is 0. The topological polar surface area (TPSA) is 9.23 Å². The smallest absolute Gasteiger partial charge is 0.416 e. The molecule has 0 fully saturated rings. The van der Waals surface area contributed by atoms with E-state index in [9.17, 15) is 13.2 Å². The van der Waals surface area contributed by atoms with E-state index in [4.69, 9.17) is 16.3 Å². The van der Waals surface area contributed by atoms with Crippen LogP contribution in [0.4, 0.5) is 13.2 Å². The van der Waals surface area contributed by atoms with Crippen LogP contribution in [-0.4, -0.2) is 7.11 Å². The monoisotopic (exact) mass is 302 g/mol. The van der Waals surface area contributed by atoms with Gasteiger partial charge in [-0.3, -0.25) is 0 Å². The Morgan fingerprint density at radius 3 is 2.40 bits per heavy atom. The summed E-state index contributed by atoms with van der Waals surface area (Å²) in [4.78, 5) is 0. The van der Waals surface area contributed by atoms with E-state index in [1.807, 2.05) is 0 Å². The van der Waals surface area contributed by atoms with E-state index in [0.717, 1.165) is 12.1 Å². The molecular weight excluding hydrogens is 296 g/mol. The van der Waals surface area contributed by atoms with Crippen LogP contribution in [0.15, 0.2) is 16.6 Å². The van der Waals surface area contributed by atoms with Crippen LogP contribution in [-0.2, 0) is 12.1 Å². The minimum atomic E-state index is -4.39. The Labute approximate surface area is 98.3 Å². The Balaban J connectivity index is 3.32. The molecule has 0 aliphatic carbocycles. The predicted molar refractivity (Wildman–Crippen MR) is 55.3 cm³/mol. The number of ether oxygens (including phenoxy) is 1. The number of hydrogen-bond donors (Lipinski definition) is 0. The minimum absolute atomic E-state index is 0.0852. The third-order valence-electron chi connectivity index (χ3n) is 1.84. The van der Waals surface area contributed by atoms with Crippen molar-refractivity contribution < 1.29 is 17.9 Å². The largest absolute Gasteiger partial charge is 0.496 e. The first-order valence-electron chi connectivity index (χ1n) is 3.89. The fourth-order valence-corrected chi connectivity index (χ4v) is 2.11. The molecule has 1 rings (SSSR count). The van der Waals surface area contributed by atoms with Crippen LogP contribution in [0.2, 0.25) is 0 Å². The van der Waals surface area contributed by atoms with E-state index < -0.39 is 11.7 Å². The molecular formula is C9H7BrClF3O. The highest BCUT2D eigenvalue weighted by molar-refractivity contribution is 9.10. The van der Waals surface area contributed by atoms with Gasteiger partial charge in [0.15, 0.2) is 0 Å². The van der Waals surface area contributed by atoms with Gasteiger partial charge in [0, 0.05) is 10.0 Å². The number of methoxy groups -OCH3 is 1. The van der Waals surface area contributed by atoms with E-state index in [-0.39, 0.29) is 11.6 Å². The average Bonchev–Trinajstić information content (AvgIpc) is 2.15. The van der Waals surface area contributed by atoms with Crippen molar-refractivity contribution in [2.24, 2.45) is 0 Å². The second-order valence-corrected chi connectivity index (χ2v) is 3.89. The van der Waals surface area contributed by atoms with Gasteiger partial charge >= 0.3 is 6.18 Å². The van der Waals surface area contributed by atoms with Gasteiger partial charge in [0.1, 0.15) is 5.75 Å². The Morgan fingerprint density at radius 2 is 2.00 bits per heavy atom. The third kappa shape index (κ3) is 2.78. The van der Waals surface area contributed by atoms with E-state index in [2.05, 4.69) is 15.9 Å². The number of benzene rings is 1. The van der Waals surface area contributed by atoms with Gasteiger partial charge in [-0.15, -0.1) is 11.6 Å². The van der Waals surface area contributed by atoms with E-state index >= 15 is 0 Å². The van der Waals surface area contributed by atoms with Crippen LogP contribution in [0.5, 0.6) is 5.75 Å². The lowest BCUT2D eigenvalue weighted by atomic mass is 10.1. The summed E-state index contributed by atoms with van der Waals surface area (Å²) in [7, 11) is 1.30. The first kappa shape index (κ1) is 12.6. The van der Waals surface area contributed by atoms with Crippen LogP contribution in [0.3, 0.4) is 0 Å². The van der Waals surface area contributed by atoms with E-state index in [1.54, 1.807) is 0 Å². The normalized spacial score (nSPS) is 11.6. The molecule has 0 atom stereocenters. The van der Waals surface area contributed by atoms with Crippen LogP contribution < -0.4 is 4.74 Å². The lowest BCUT2D eigenvalue weighted by molar-refractivity contribution is -0.137. The molecule has 0 aromatic heterocycles. The Bertz CT molecular complexity index is 365. The molecule has 0 saturated carbocycles. The molecule has 0 spiro atoms. The van der Waals surface area contributed by atoms with Crippen molar-refractivity contribution in [3.05, 3.63) is 27.7 Å². The predicted octanol–water partition coefficient (Wildman–Crippen LogP) is 4.22. The van der Waals surface area contributed by atoms with Gasteiger partial charge in [-0.25, -0.2) is 0 Å². The molecule has 0 aliphatic heterocycles. The van der Waals surface area contributed by atoms with Gasteiger partial charge in [0.25, 0.3) is 0 Å². The SMILES string of the molecule is COc1cc(C(F)(F)F)cc(Br)c1CCl.